The van der Waals surface area contributed by atoms with Crippen LogP contribution in [0.5, 0.6) is 0 Å². The number of hydrogen-bond acceptors (Lipinski definition) is 1. The maximum atomic E-state index is 3.31. The Balaban J connectivity index is 2.13. The number of nitrogens with zero attached hydrogens (tertiary/aromatic N) is 1. The van der Waals surface area contributed by atoms with Crippen molar-refractivity contribution in [2.75, 3.05) is 7.05 Å². The molecule has 1 heterocycles. The molecule has 0 atom stereocenters. The van der Waals surface area contributed by atoms with E-state index in [1.54, 1.807) is 0 Å². The molecule has 0 aromatic heterocycles. The van der Waals surface area contributed by atoms with Crippen molar-refractivity contribution in [1.29, 1.82) is 0 Å². The molecule has 17 heavy (non-hydrogen) atoms. The Morgan fingerprint density at radius 3 is 2.82 bits per heavy atom. The maximum Gasteiger partial charge on any atom is 0.0482 e. The first-order valence-electron chi connectivity index (χ1n) is 6.06. The summed E-state index contributed by atoms with van der Waals surface area (Å²) >= 11 is 0. The lowest BCUT2D eigenvalue weighted by Crippen LogP contribution is -2.21. The van der Waals surface area contributed by atoms with E-state index in [1.807, 2.05) is 0 Å². The van der Waals surface area contributed by atoms with Crippen LogP contribution in [-0.4, -0.2) is 11.9 Å². The van der Waals surface area contributed by atoms with Crippen LogP contribution in [0.25, 0.3) is 0 Å². The van der Waals surface area contributed by atoms with E-state index in [0.29, 0.717) is 0 Å². The Hall–Kier alpha value is -1.94. The van der Waals surface area contributed by atoms with E-state index >= 15 is 0 Å². The number of benzene rings is 1. The van der Waals surface area contributed by atoms with Crippen LogP contribution < -0.4 is 0 Å². The van der Waals surface area contributed by atoms with Gasteiger partial charge in [0.2, 0.25) is 0 Å². The Morgan fingerprint density at radius 2 is 1.88 bits per heavy atom. The minimum absolute atomic E-state index is 0.939. The Kier molecular flexibility index (Phi) is 2.49. The molecule has 1 aromatic carbocycles. The van der Waals surface area contributed by atoms with E-state index in [1.165, 1.54) is 16.8 Å². The second-order valence-electron chi connectivity index (χ2n) is 4.55. The minimum Gasteiger partial charge on any atom is -0.369 e. The van der Waals surface area contributed by atoms with Crippen molar-refractivity contribution >= 4 is 0 Å². The lowest BCUT2D eigenvalue weighted by Gasteiger charge is -2.26. The summed E-state index contributed by atoms with van der Waals surface area (Å²) in [7, 11) is 2.15. The third kappa shape index (κ3) is 1.87. The number of rotatable bonds is 0. The second-order valence-corrected chi connectivity index (χ2v) is 4.55. The van der Waals surface area contributed by atoms with Gasteiger partial charge in [-0.1, -0.05) is 42.2 Å². The molecule has 1 heteroatoms. The van der Waals surface area contributed by atoms with Gasteiger partial charge in [-0.05, 0) is 24.5 Å². The monoisotopic (exact) mass is 221 g/mol. The van der Waals surface area contributed by atoms with Gasteiger partial charge in [0.1, 0.15) is 0 Å². The fourth-order valence-electron chi connectivity index (χ4n) is 2.39. The summed E-state index contributed by atoms with van der Waals surface area (Å²) < 4.78 is 0. The van der Waals surface area contributed by atoms with Crippen LogP contribution in [0.2, 0.25) is 0 Å². The minimum atomic E-state index is 0.939. The Labute approximate surface area is 102 Å². The molecule has 0 N–H and O–H groups in total. The quantitative estimate of drug-likeness (QED) is 0.608. The molecule has 1 nitrogen and oxygen atoms in total. The molecule has 0 amide bonds. The standard InChI is InChI=1S/C16H15N/c1-17-12-15-8-3-2-6-13(15)10-11-14-7-4-5-9-16(14)17/h2-3,6-9H,4-5,12H2,1H3. The smallest absolute Gasteiger partial charge is 0.0482 e. The van der Waals surface area contributed by atoms with Crippen molar-refractivity contribution in [1.82, 2.24) is 4.90 Å². The van der Waals surface area contributed by atoms with Crippen LogP contribution >= 0.6 is 0 Å². The van der Waals surface area contributed by atoms with Gasteiger partial charge >= 0.3 is 0 Å². The molecule has 2 aliphatic rings. The lowest BCUT2D eigenvalue weighted by molar-refractivity contribution is 0.416. The average Bonchev–Trinajstić information content (AvgIpc) is 2.36. The normalized spacial score (nSPS) is 17.6. The average molecular weight is 221 g/mol. The van der Waals surface area contributed by atoms with Gasteiger partial charge in [0.15, 0.2) is 0 Å². The molecular formula is C16H15N. The molecule has 0 saturated heterocycles. The Morgan fingerprint density at radius 1 is 1.06 bits per heavy atom. The van der Waals surface area contributed by atoms with Gasteiger partial charge < -0.3 is 4.90 Å². The number of hydrogen-bond donors (Lipinski definition) is 0. The predicted octanol–water partition coefficient (Wildman–Crippen LogP) is 3.09. The molecule has 0 unspecified atom stereocenters. The molecule has 0 bridgehead atoms. The van der Waals surface area contributed by atoms with Crippen molar-refractivity contribution in [3.63, 3.8) is 0 Å². The van der Waals surface area contributed by atoms with Crippen molar-refractivity contribution in [3.8, 4) is 11.8 Å². The highest BCUT2D eigenvalue weighted by Gasteiger charge is 2.15. The summed E-state index contributed by atoms with van der Waals surface area (Å²) in [5.41, 5.74) is 4.95. The molecule has 0 spiro atoms. The lowest BCUT2D eigenvalue weighted by atomic mass is 9.98. The first-order valence-corrected chi connectivity index (χ1v) is 6.06. The van der Waals surface area contributed by atoms with Crippen LogP contribution in [0.3, 0.4) is 0 Å². The number of likely N-dealkylation sites (N-methyl/N-ethyl adjacent to an activating group) is 1. The third-order valence-electron chi connectivity index (χ3n) is 3.30. The van der Waals surface area contributed by atoms with E-state index in [4.69, 9.17) is 0 Å². The first-order chi connectivity index (χ1) is 8.34. The largest absolute Gasteiger partial charge is 0.369 e. The molecule has 1 aromatic rings. The van der Waals surface area contributed by atoms with Crippen LogP contribution in [0.1, 0.15) is 24.0 Å². The second kappa shape index (κ2) is 4.14. The van der Waals surface area contributed by atoms with Gasteiger partial charge in [-0.25, -0.2) is 0 Å². The fourth-order valence-corrected chi connectivity index (χ4v) is 2.39. The molecule has 0 fully saturated rings. The highest BCUT2D eigenvalue weighted by Crippen LogP contribution is 2.25. The molecule has 3 rings (SSSR count). The van der Waals surface area contributed by atoms with E-state index in [-0.39, 0.29) is 0 Å². The molecular weight excluding hydrogens is 206 g/mol. The molecule has 0 radical (unpaired) electrons. The molecule has 1 aliphatic heterocycles. The summed E-state index contributed by atoms with van der Waals surface area (Å²) in [5.74, 6) is 6.61. The van der Waals surface area contributed by atoms with Crippen molar-refractivity contribution in [2.24, 2.45) is 0 Å². The summed E-state index contributed by atoms with van der Waals surface area (Å²) in [4.78, 5) is 2.30. The van der Waals surface area contributed by atoms with Gasteiger partial charge in [0, 0.05) is 30.4 Å². The first kappa shape index (κ1) is 10.2. The van der Waals surface area contributed by atoms with Crippen LogP contribution in [0.4, 0.5) is 0 Å². The topological polar surface area (TPSA) is 3.24 Å². The summed E-state index contributed by atoms with van der Waals surface area (Å²) in [5, 5.41) is 0. The summed E-state index contributed by atoms with van der Waals surface area (Å²) in [6, 6.07) is 8.41. The Bertz CT molecular complexity index is 567. The zero-order valence-electron chi connectivity index (χ0n) is 10.0. The van der Waals surface area contributed by atoms with Gasteiger partial charge in [-0.3, -0.25) is 0 Å². The zero-order chi connectivity index (χ0) is 11.7. The highest BCUT2D eigenvalue weighted by atomic mass is 15.1. The van der Waals surface area contributed by atoms with E-state index in [2.05, 4.69) is 60.2 Å². The van der Waals surface area contributed by atoms with E-state index in [9.17, 15) is 0 Å². The third-order valence-corrected chi connectivity index (χ3v) is 3.30. The molecule has 0 saturated carbocycles. The van der Waals surface area contributed by atoms with Crippen LogP contribution in [-0.2, 0) is 6.54 Å². The van der Waals surface area contributed by atoms with Crippen LogP contribution in [0, 0.1) is 11.8 Å². The van der Waals surface area contributed by atoms with E-state index in [0.717, 1.165) is 24.9 Å². The van der Waals surface area contributed by atoms with Crippen molar-refractivity contribution < 1.29 is 0 Å². The highest BCUT2D eigenvalue weighted by molar-refractivity contribution is 5.53. The number of allylic oxidation sites excluding steroid dienone is 3. The summed E-state index contributed by atoms with van der Waals surface area (Å²) in [6.45, 7) is 0.939. The van der Waals surface area contributed by atoms with Gasteiger partial charge in [-0.2, -0.15) is 0 Å². The number of fused-ring (bicyclic) bond motifs is 2. The van der Waals surface area contributed by atoms with Crippen LogP contribution in [0.15, 0.2) is 47.7 Å². The van der Waals surface area contributed by atoms with Gasteiger partial charge in [0.05, 0.1) is 0 Å². The summed E-state index contributed by atoms with van der Waals surface area (Å²) in [6.07, 6.45) is 6.81. The molecule has 84 valence electrons. The fraction of sp³-hybridized carbons (Fsp3) is 0.250. The molecule has 1 aliphatic carbocycles. The maximum absolute atomic E-state index is 3.31. The zero-order valence-corrected chi connectivity index (χ0v) is 10.0. The van der Waals surface area contributed by atoms with Gasteiger partial charge in [-0.15, -0.1) is 0 Å². The van der Waals surface area contributed by atoms with Gasteiger partial charge in [0.25, 0.3) is 0 Å². The SMILES string of the molecule is CN1Cc2ccccc2C#CC2=CCCC=C21. The predicted molar refractivity (Wildman–Crippen MR) is 70.2 cm³/mol. The van der Waals surface area contributed by atoms with Crippen molar-refractivity contribution in [2.45, 2.75) is 19.4 Å². The van der Waals surface area contributed by atoms with E-state index < -0.39 is 0 Å². The van der Waals surface area contributed by atoms with Crippen molar-refractivity contribution in [3.05, 3.63) is 58.8 Å².